The van der Waals surface area contributed by atoms with Crippen molar-refractivity contribution in [3.63, 3.8) is 0 Å². The average molecular weight is 441 g/mol. The summed E-state index contributed by atoms with van der Waals surface area (Å²) < 4.78 is 6.71. The normalized spacial score (nSPS) is 10.6. The number of carboxylic acid groups (broad SMARTS) is 1. The molecule has 3 aromatic heterocycles. The van der Waals surface area contributed by atoms with E-state index in [1.165, 1.54) is 0 Å². The highest BCUT2D eigenvalue weighted by Crippen LogP contribution is 2.24. The van der Waals surface area contributed by atoms with Gasteiger partial charge in [0.2, 0.25) is 5.95 Å². The molecule has 0 aliphatic carbocycles. The first-order chi connectivity index (χ1) is 16.0. The van der Waals surface area contributed by atoms with Crippen molar-refractivity contribution in [2.75, 3.05) is 12.3 Å². The van der Waals surface area contributed by atoms with Crippen molar-refractivity contribution >= 4 is 11.9 Å². The number of aromatic nitrogens is 6. The second-order valence-electron chi connectivity index (χ2n) is 7.03. The third kappa shape index (κ3) is 5.55. The lowest BCUT2D eigenvalue weighted by Gasteiger charge is -2.05. The molecule has 0 saturated heterocycles. The lowest BCUT2D eigenvalue weighted by molar-refractivity contribution is -0.142. The number of nitrogens with two attached hydrogens (primary N) is 1. The largest absolute Gasteiger partial charge is 0.480 e. The van der Waals surface area contributed by atoms with Crippen LogP contribution in [0.15, 0.2) is 54.7 Å². The zero-order valence-electron chi connectivity index (χ0n) is 17.4. The van der Waals surface area contributed by atoms with Gasteiger partial charge in [-0.25, -0.2) is 19.4 Å². The van der Waals surface area contributed by atoms with E-state index in [0.717, 1.165) is 16.8 Å². The molecule has 0 fully saturated rings. The molecule has 3 heterocycles. The number of benzene rings is 1. The van der Waals surface area contributed by atoms with E-state index in [1.54, 1.807) is 23.0 Å². The molecule has 0 amide bonds. The number of aliphatic carboxylic acids is 1. The monoisotopic (exact) mass is 441 g/mol. The summed E-state index contributed by atoms with van der Waals surface area (Å²) in [7, 11) is 0. The lowest BCUT2D eigenvalue weighted by atomic mass is 10.1. The molecule has 0 saturated carbocycles. The quantitative estimate of drug-likeness (QED) is 0.393. The van der Waals surface area contributed by atoms with E-state index in [9.17, 15) is 4.79 Å². The Bertz CT molecular complexity index is 1340. The standard InChI is InChI=1S/C23H19N7O3/c1-2-15-5-3-6-16(9-15)19-10-20(27-23(24)26-19)21-12-30(29-28-21)11-17-7-4-8-18(25-17)13-33-14-22(31)32/h1,3-10,12H,11,13-14H2,(H,31,32)(H2,24,26,27). The number of nitrogen functional groups attached to an aromatic ring is 1. The molecule has 1 aromatic carbocycles. The van der Waals surface area contributed by atoms with Crippen molar-refractivity contribution in [3.8, 4) is 35.0 Å². The summed E-state index contributed by atoms with van der Waals surface area (Å²) in [6, 6.07) is 14.6. The van der Waals surface area contributed by atoms with Crippen molar-refractivity contribution in [1.82, 2.24) is 29.9 Å². The maximum absolute atomic E-state index is 10.6. The molecule has 3 N–H and O–H groups in total. The minimum Gasteiger partial charge on any atom is -0.480 e. The van der Waals surface area contributed by atoms with Gasteiger partial charge in [0.25, 0.3) is 0 Å². The zero-order chi connectivity index (χ0) is 23.2. The van der Waals surface area contributed by atoms with Crippen LogP contribution in [0, 0.1) is 12.3 Å². The fraction of sp³-hybridized carbons (Fsp3) is 0.130. The Kier molecular flexibility index (Phi) is 6.33. The van der Waals surface area contributed by atoms with Gasteiger partial charge in [0.05, 0.1) is 42.1 Å². The van der Waals surface area contributed by atoms with Gasteiger partial charge in [0.15, 0.2) is 0 Å². The summed E-state index contributed by atoms with van der Waals surface area (Å²) in [5.41, 5.74) is 10.5. The van der Waals surface area contributed by atoms with Crippen LogP contribution in [0.2, 0.25) is 0 Å². The van der Waals surface area contributed by atoms with Gasteiger partial charge in [-0.2, -0.15) is 0 Å². The molecule has 0 radical (unpaired) electrons. The third-order valence-electron chi connectivity index (χ3n) is 4.53. The van der Waals surface area contributed by atoms with E-state index in [-0.39, 0.29) is 19.2 Å². The summed E-state index contributed by atoms with van der Waals surface area (Å²) >= 11 is 0. The molecule has 0 aliphatic rings. The van der Waals surface area contributed by atoms with Crippen molar-refractivity contribution in [1.29, 1.82) is 0 Å². The van der Waals surface area contributed by atoms with Crippen LogP contribution in [0.25, 0.3) is 22.6 Å². The van der Waals surface area contributed by atoms with Crippen LogP contribution in [0.3, 0.4) is 0 Å². The Balaban J connectivity index is 1.52. The SMILES string of the molecule is C#Cc1cccc(-c2cc(-c3cn(Cc4cccc(COCC(=O)O)n4)nn3)nc(N)n2)c1. The molecule has 0 aliphatic heterocycles. The van der Waals surface area contributed by atoms with Crippen molar-refractivity contribution in [3.05, 3.63) is 71.7 Å². The lowest BCUT2D eigenvalue weighted by Crippen LogP contribution is -2.08. The molecule has 4 rings (SSSR count). The molecular formula is C23H19N7O3. The topological polar surface area (TPSA) is 142 Å². The predicted molar refractivity (Wildman–Crippen MR) is 119 cm³/mol. The van der Waals surface area contributed by atoms with E-state index >= 15 is 0 Å². The molecule has 0 unspecified atom stereocenters. The smallest absolute Gasteiger partial charge is 0.329 e. The number of carboxylic acids is 1. The molecule has 10 nitrogen and oxygen atoms in total. The van der Waals surface area contributed by atoms with E-state index in [4.69, 9.17) is 22.0 Å². The number of rotatable bonds is 8. The first-order valence-corrected chi connectivity index (χ1v) is 9.86. The van der Waals surface area contributed by atoms with Crippen LogP contribution >= 0.6 is 0 Å². The van der Waals surface area contributed by atoms with Crippen molar-refractivity contribution < 1.29 is 14.6 Å². The van der Waals surface area contributed by atoms with Gasteiger partial charge in [-0.05, 0) is 30.3 Å². The Labute approximate surface area is 189 Å². The molecule has 0 atom stereocenters. The van der Waals surface area contributed by atoms with Gasteiger partial charge in [-0.3, -0.25) is 4.98 Å². The molecule has 0 bridgehead atoms. The third-order valence-corrected chi connectivity index (χ3v) is 4.53. The predicted octanol–water partition coefficient (Wildman–Crippen LogP) is 2.01. The van der Waals surface area contributed by atoms with Crippen LogP contribution in [0.5, 0.6) is 0 Å². The number of terminal acetylenes is 1. The van der Waals surface area contributed by atoms with Crippen LogP contribution in [0.1, 0.15) is 17.0 Å². The number of anilines is 1. The summed E-state index contributed by atoms with van der Waals surface area (Å²) in [4.78, 5) is 23.6. The maximum Gasteiger partial charge on any atom is 0.329 e. The Morgan fingerprint density at radius 1 is 1.06 bits per heavy atom. The van der Waals surface area contributed by atoms with Gasteiger partial charge in [-0.15, -0.1) is 11.5 Å². The Morgan fingerprint density at radius 2 is 1.85 bits per heavy atom. The van der Waals surface area contributed by atoms with E-state index in [0.29, 0.717) is 29.3 Å². The van der Waals surface area contributed by atoms with Crippen LogP contribution in [-0.2, 0) is 22.7 Å². The number of carbonyl (C=O) groups is 1. The zero-order valence-corrected chi connectivity index (χ0v) is 17.4. The van der Waals surface area contributed by atoms with Gasteiger partial charge in [0.1, 0.15) is 12.3 Å². The van der Waals surface area contributed by atoms with Crippen LogP contribution < -0.4 is 5.73 Å². The molecule has 164 valence electrons. The van der Waals surface area contributed by atoms with Gasteiger partial charge >= 0.3 is 5.97 Å². The van der Waals surface area contributed by atoms with Crippen molar-refractivity contribution in [2.45, 2.75) is 13.2 Å². The number of pyridine rings is 1. The first-order valence-electron chi connectivity index (χ1n) is 9.86. The summed E-state index contributed by atoms with van der Waals surface area (Å²) in [5, 5.41) is 17.0. The molecule has 33 heavy (non-hydrogen) atoms. The molecule has 4 aromatic rings. The summed E-state index contributed by atoms with van der Waals surface area (Å²) in [6.07, 6.45) is 7.23. The minimum atomic E-state index is -1.03. The summed E-state index contributed by atoms with van der Waals surface area (Å²) in [6.45, 7) is 0.0828. The fourth-order valence-corrected chi connectivity index (χ4v) is 3.11. The van der Waals surface area contributed by atoms with Gasteiger partial charge in [-0.1, -0.05) is 29.3 Å². The first kappa shape index (κ1) is 21.6. The van der Waals surface area contributed by atoms with E-state index < -0.39 is 5.97 Å². The summed E-state index contributed by atoms with van der Waals surface area (Å²) in [5.74, 6) is 1.69. The highest BCUT2D eigenvalue weighted by Gasteiger charge is 2.11. The second kappa shape index (κ2) is 9.67. The average Bonchev–Trinajstić information content (AvgIpc) is 3.27. The van der Waals surface area contributed by atoms with E-state index in [2.05, 4.69) is 31.2 Å². The Morgan fingerprint density at radius 3 is 2.67 bits per heavy atom. The molecule has 0 spiro atoms. The minimum absolute atomic E-state index is 0.104. The fourth-order valence-electron chi connectivity index (χ4n) is 3.11. The number of hydrogen-bond donors (Lipinski definition) is 2. The maximum atomic E-state index is 10.6. The molecular weight excluding hydrogens is 422 g/mol. The van der Waals surface area contributed by atoms with Crippen LogP contribution in [0.4, 0.5) is 5.95 Å². The van der Waals surface area contributed by atoms with Gasteiger partial charge in [0, 0.05) is 11.1 Å². The molecule has 10 heteroatoms. The highest BCUT2D eigenvalue weighted by molar-refractivity contribution is 5.68. The van der Waals surface area contributed by atoms with Crippen LogP contribution in [-0.4, -0.2) is 47.6 Å². The van der Waals surface area contributed by atoms with Gasteiger partial charge < -0.3 is 15.6 Å². The van der Waals surface area contributed by atoms with Crippen molar-refractivity contribution in [2.24, 2.45) is 0 Å². The van der Waals surface area contributed by atoms with E-state index in [1.807, 2.05) is 36.4 Å². The Hall–Kier alpha value is -4.62. The number of nitrogens with zero attached hydrogens (tertiary/aromatic N) is 6. The number of ether oxygens (including phenoxy) is 1. The second-order valence-corrected chi connectivity index (χ2v) is 7.03. The highest BCUT2D eigenvalue weighted by atomic mass is 16.5. The number of hydrogen-bond acceptors (Lipinski definition) is 8.